The first kappa shape index (κ1) is 54.4. The zero-order valence-electron chi connectivity index (χ0n) is 37.6. The highest BCUT2D eigenvalue weighted by Crippen LogP contribution is 2.15. The van der Waals surface area contributed by atoms with Gasteiger partial charge in [0.15, 0.2) is 6.10 Å². The molecule has 6 heteroatoms. The number of hydrogen-bond acceptors (Lipinski definition) is 6. The van der Waals surface area contributed by atoms with E-state index in [-0.39, 0.29) is 31.1 Å². The lowest BCUT2D eigenvalue weighted by molar-refractivity contribution is -0.167. The van der Waals surface area contributed by atoms with Crippen molar-refractivity contribution in [3.05, 3.63) is 48.6 Å². The van der Waals surface area contributed by atoms with Crippen LogP contribution in [-0.2, 0) is 28.6 Å². The molecule has 0 radical (unpaired) electrons. The van der Waals surface area contributed by atoms with Crippen molar-refractivity contribution in [1.82, 2.24) is 0 Å². The Hall–Kier alpha value is -2.63. The predicted molar refractivity (Wildman–Crippen MR) is 242 cm³/mol. The number of carbonyl (C=O) groups excluding carboxylic acids is 3. The predicted octanol–water partition coefficient (Wildman–Crippen LogP) is 15.5. The molecule has 0 bridgehead atoms. The number of allylic oxidation sites excluding steroid dienone is 8. The van der Waals surface area contributed by atoms with Crippen LogP contribution in [0.1, 0.15) is 239 Å². The highest BCUT2D eigenvalue weighted by atomic mass is 16.6. The number of esters is 3. The van der Waals surface area contributed by atoms with Crippen molar-refractivity contribution in [2.45, 2.75) is 245 Å². The maximum atomic E-state index is 12.7. The molecule has 0 aromatic heterocycles. The number of unbranched alkanes of at least 4 members (excludes halogenated alkanes) is 24. The summed E-state index contributed by atoms with van der Waals surface area (Å²) in [6, 6.07) is 0. The molecule has 0 aromatic carbocycles. The third-order valence-corrected chi connectivity index (χ3v) is 10.3. The molecule has 0 spiro atoms. The van der Waals surface area contributed by atoms with Gasteiger partial charge < -0.3 is 14.2 Å². The SMILES string of the molecule is CC/C=C\C/C=C\C/C=C\C/C=C\CCCCCCC(=O)OCC(COC(=O)CCCCCCCCCCCC)OC(=O)CCCCCCCCCCCCCC. The molecule has 0 aliphatic heterocycles. The molecule has 0 amide bonds. The second-order valence-electron chi connectivity index (χ2n) is 16.0. The third-order valence-electron chi connectivity index (χ3n) is 10.3. The first-order valence-electron chi connectivity index (χ1n) is 24.1. The summed E-state index contributed by atoms with van der Waals surface area (Å²) in [6.07, 6.45) is 53.7. The van der Waals surface area contributed by atoms with Crippen molar-refractivity contribution >= 4 is 17.9 Å². The van der Waals surface area contributed by atoms with Gasteiger partial charge in [-0.3, -0.25) is 14.4 Å². The summed E-state index contributed by atoms with van der Waals surface area (Å²) >= 11 is 0. The van der Waals surface area contributed by atoms with Crippen LogP contribution in [0.25, 0.3) is 0 Å². The Labute approximate surface area is 352 Å². The minimum Gasteiger partial charge on any atom is -0.462 e. The van der Waals surface area contributed by atoms with Crippen LogP contribution in [0.4, 0.5) is 0 Å². The summed E-state index contributed by atoms with van der Waals surface area (Å²) in [7, 11) is 0. The molecule has 0 rings (SSSR count). The van der Waals surface area contributed by atoms with Gasteiger partial charge in [-0.15, -0.1) is 0 Å². The molecule has 0 saturated carbocycles. The molecule has 57 heavy (non-hydrogen) atoms. The molecular weight excluding hydrogens is 709 g/mol. The Morgan fingerprint density at radius 2 is 0.684 bits per heavy atom. The standard InChI is InChI=1S/C51H90O6/c1-4-7-10-13-16-19-22-24-25-26-27-28-30-32-35-38-41-44-50(53)56-47-48(46-55-49(52)43-40-37-34-31-21-18-15-12-9-6-3)57-51(54)45-42-39-36-33-29-23-20-17-14-11-8-5-2/h7,10,16,19,24-25,27-28,48H,4-6,8-9,11-15,17-18,20-23,26,29-47H2,1-3H3/b10-7-,19-16-,25-24-,28-27-. The molecule has 1 atom stereocenters. The van der Waals surface area contributed by atoms with Crippen molar-refractivity contribution < 1.29 is 28.6 Å². The van der Waals surface area contributed by atoms with E-state index < -0.39 is 6.10 Å². The van der Waals surface area contributed by atoms with Crippen LogP contribution in [0.5, 0.6) is 0 Å². The first-order valence-corrected chi connectivity index (χ1v) is 24.1. The minimum atomic E-state index is -0.776. The van der Waals surface area contributed by atoms with Gasteiger partial charge in [-0.25, -0.2) is 0 Å². The van der Waals surface area contributed by atoms with Gasteiger partial charge in [-0.05, 0) is 57.8 Å². The maximum absolute atomic E-state index is 12.7. The Morgan fingerprint density at radius 1 is 0.368 bits per heavy atom. The van der Waals surface area contributed by atoms with E-state index in [1.54, 1.807) is 0 Å². The van der Waals surface area contributed by atoms with E-state index in [0.29, 0.717) is 19.3 Å². The van der Waals surface area contributed by atoms with Crippen LogP contribution < -0.4 is 0 Å². The van der Waals surface area contributed by atoms with E-state index in [2.05, 4.69) is 69.4 Å². The molecule has 0 aliphatic rings. The summed E-state index contributed by atoms with van der Waals surface area (Å²) in [5.74, 6) is -0.900. The van der Waals surface area contributed by atoms with Gasteiger partial charge >= 0.3 is 17.9 Å². The van der Waals surface area contributed by atoms with Crippen LogP contribution >= 0.6 is 0 Å². The van der Waals surface area contributed by atoms with E-state index >= 15 is 0 Å². The maximum Gasteiger partial charge on any atom is 0.306 e. The van der Waals surface area contributed by atoms with E-state index in [4.69, 9.17) is 14.2 Å². The van der Waals surface area contributed by atoms with E-state index in [1.807, 2.05) is 0 Å². The summed E-state index contributed by atoms with van der Waals surface area (Å²) in [5.41, 5.74) is 0. The summed E-state index contributed by atoms with van der Waals surface area (Å²) in [4.78, 5) is 37.8. The lowest BCUT2D eigenvalue weighted by Gasteiger charge is -2.18. The molecule has 0 N–H and O–H groups in total. The summed E-state index contributed by atoms with van der Waals surface area (Å²) in [6.45, 7) is 6.49. The fraction of sp³-hybridized carbons (Fsp3) is 0.784. The van der Waals surface area contributed by atoms with Crippen LogP contribution in [0.3, 0.4) is 0 Å². The van der Waals surface area contributed by atoms with Crippen molar-refractivity contribution in [3.63, 3.8) is 0 Å². The van der Waals surface area contributed by atoms with Crippen molar-refractivity contribution in [2.24, 2.45) is 0 Å². The number of rotatable bonds is 43. The molecule has 0 heterocycles. The average molecular weight is 799 g/mol. The van der Waals surface area contributed by atoms with Crippen LogP contribution in [0.2, 0.25) is 0 Å². The first-order chi connectivity index (χ1) is 28.0. The molecule has 0 aliphatic carbocycles. The van der Waals surface area contributed by atoms with Gasteiger partial charge in [-0.2, -0.15) is 0 Å². The monoisotopic (exact) mass is 799 g/mol. The number of hydrogen-bond donors (Lipinski definition) is 0. The van der Waals surface area contributed by atoms with E-state index in [9.17, 15) is 14.4 Å². The van der Waals surface area contributed by atoms with Crippen LogP contribution in [0, 0.1) is 0 Å². The van der Waals surface area contributed by atoms with Crippen LogP contribution in [-0.4, -0.2) is 37.2 Å². The second kappa shape index (κ2) is 46.1. The van der Waals surface area contributed by atoms with Gasteiger partial charge in [0.05, 0.1) is 0 Å². The largest absolute Gasteiger partial charge is 0.462 e. The fourth-order valence-corrected chi connectivity index (χ4v) is 6.73. The van der Waals surface area contributed by atoms with E-state index in [0.717, 1.165) is 96.3 Å². The molecule has 6 nitrogen and oxygen atoms in total. The molecule has 1 unspecified atom stereocenters. The molecule has 0 saturated heterocycles. The molecule has 330 valence electrons. The average Bonchev–Trinajstić information content (AvgIpc) is 3.21. The van der Waals surface area contributed by atoms with Gasteiger partial charge in [0.1, 0.15) is 13.2 Å². The lowest BCUT2D eigenvalue weighted by Crippen LogP contribution is -2.30. The van der Waals surface area contributed by atoms with Crippen molar-refractivity contribution in [2.75, 3.05) is 13.2 Å². The quantitative estimate of drug-likeness (QED) is 0.0265. The van der Waals surface area contributed by atoms with Gasteiger partial charge in [0.2, 0.25) is 0 Å². The molecular formula is C51H90O6. The second-order valence-corrected chi connectivity index (χ2v) is 16.0. The topological polar surface area (TPSA) is 78.9 Å². The number of ether oxygens (including phenoxy) is 3. The third kappa shape index (κ3) is 44.3. The zero-order chi connectivity index (χ0) is 41.5. The highest BCUT2D eigenvalue weighted by Gasteiger charge is 2.19. The Balaban J connectivity index is 4.38. The Bertz CT molecular complexity index is 1010. The molecule has 0 fully saturated rings. The Morgan fingerprint density at radius 3 is 1.07 bits per heavy atom. The van der Waals surface area contributed by atoms with Gasteiger partial charge in [0.25, 0.3) is 0 Å². The fourth-order valence-electron chi connectivity index (χ4n) is 6.73. The van der Waals surface area contributed by atoms with Crippen LogP contribution in [0.15, 0.2) is 48.6 Å². The zero-order valence-corrected chi connectivity index (χ0v) is 37.6. The summed E-state index contributed by atoms with van der Waals surface area (Å²) < 4.78 is 16.7. The van der Waals surface area contributed by atoms with Crippen molar-refractivity contribution in [3.8, 4) is 0 Å². The Kier molecular flexibility index (Phi) is 43.9. The van der Waals surface area contributed by atoms with Gasteiger partial charge in [-0.1, -0.05) is 211 Å². The number of carbonyl (C=O) groups is 3. The summed E-state index contributed by atoms with van der Waals surface area (Å²) in [5, 5.41) is 0. The minimum absolute atomic E-state index is 0.0780. The smallest absolute Gasteiger partial charge is 0.306 e. The normalized spacial score (nSPS) is 12.4. The highest BCUT2D eigenvalue weighted by molar-refractivity contribution is 5.71. The molecule has 0 aromatic rings. The van der Waals surface area contributed by atoms with Crippen molar-refractivity contribution in [1.29, 1.82) is 0 Å². The van der Waals surface area contributed by atoms with E-state index in [1.165, 1.54) is 103 Å². The van der Waals surface area contributed by atoms with Gasteiger partial charge in [0, 0.05) is 19.3 Å². The lowest BCUT2D eigenvalue weighted by atomic mass is 10.0.